The Morgan fingerprint density at radius 1 is 1.00 bits per heavy atom. The largest absolute Gasteiger partial charge is 0.360 e. The molecule has 0 N–H and O–H groups in total. The van der Waals surface area contributed by atoms with Crippen LogP contribution < -0.4 is 4.91 Å². The fourth-order valence-corrected chi connectivity index (χ4v) is 2.73. The van der Waals surface area contributed by atoms with E-state index in [0.717, 1.165) is 16.8 Å². The number of aromatic nitrogens is 3. The van der Waals surface area contributed by atoms with Crippen molar-refractivity contribution in [1.29, 1.82) is 0 Å². The molecule has 1 aromatic heterocycles. The number of carbonyl (C=O) groups excluding carboxylic acids is 1. The average molecular weight is 390 g/mol. The number of carbonyl (C=O) groups is 1. The molecule has 0 radical (unpaired) electrons. The van der Waals surface area contributed by atoms with Gasteiger partial charge in [-0.2, -0.15) is 4.80 Å². The van der Waals surface area contributed by atoms with Crippen LogP contribution in [0.1, 0.15) is 15.9 Å². The van der Waals surface area contributed by atoms with Gasteiger partial charge >= 0.3 is 5.91 Å². The Balaban J connectivity index is 1.64. The number of amides is 1. The standard InChI is InChI=1S/C20H14ClN6O/c1-13-11-18-19(25-27(24-18)16-9-7-15(21)8-10-16)12-17(13)22-26-23-20(28)14-5-3-2-4-6-14/h2-12H,1H3/q+1. The Morgan fingerprint density at radius 2 is 1.68 bits per heavy atom. The molecular weight excluding hydrogens is 376 g/mol. The predicted octanol–water partition coefficient (Wildman–Crippen LogP) is 4.83. The minimum absolute atomic E-state index is 0.447. The van der Waals surface area contributed by atoms with Crippen LogP contribution in [0.4, 0.5) is 5.69 Å². The summed E-state index contributed by atoms with van der Waals surface area (Å²) in [6.45, 7) is 1.88. The van der Waals surface area contributed by atoms with E-state index in [1.807, 2.05) is 31.2 Å². The van der Waals surface area contributed by atoms with Crippen LogP contribution in [0.5, 0.6) is 0 Å². The summed E-state index contributed by atoms with van der Waals surface area (Å²) in [6, 6.07) is 19.6. The number of benzene rings is 3. The molecule has 0 fully saturated rings. The number of halogens is 1. The van der Waals surface area contributed by atoms with Gasteiger partial charge in [0.15, 0.2) is 10.8 Å². The van der Waals surface area contributed by atoms with E-state index in [1.165, 1.54) is 4.80 Å². The molecule has 1 amide bonds. The Kier molecular flexibility index (Phi) is 4.76. The number of rotatable bonds is 3. The van der Waals surface area contributed by atoms with Crippen molar-refractivity contribution in [3.63, 3.8) is 0 Å². The lowest BCUT2D eigenvalue weighted by atomic mass is 10.2. The van der Waals surface area contributed by atoms with Gasteiger partial charge in [0.2, 0.25) is 10.0 Å². The van der Waals surface area contributed by atoms with Gasteiger partial charge in [-0.05, 0) is 55.0 Å². The normalized spacial score (nSPS) is 10.5. The van der Waals surface area contributed by atoms with Gasteiger partial charge < -0.3 is 0 Å². The highest BCUT2D eigenvalue weighted by Crippen LogP contribution is 2.24. The summed E-state index contributed by atoms with van der Waals surface area (Å²) >= 11 is 5.92. The molecule has 0 unspecified atom stereocenters. The zero-order valence-electron chi connectivity index (χ0n) is 14.8. The fourth-order valence-electron chi connectivity index (χ4n) is 2.60. The number of hydrogen-bond donors (Lipinski definition) is 0. The topological polar surface area (TPSA) is 86.6 Å². The number of nitrogens with zero attached hydrogens (tertiary/aromatic N) is 6. The van der Waals surface area contributed by atoms with Gasteiger partial charge in [-0.1, -0.05) is 29.8 Å². The summed E-state index contributed by atoms with van der Waals surface area (Å²) in [4.78, 5) is 17.2. The molecule has 136 valence electrons. The number of fused-ring (bicyclic) bond motifs is 1. The molecule has 28 heavy (non-hydrogen) atoms. The fraction of sp³-hybridized carbons (Fsp3) is 0.0500. The highest BCUT2D eigenvalue weighted by Gasteiger charge is 2.12. The first-order chi connectivity index (χ1) is 13.6. The van der Waals surface area contributed by atoms with Gasteiger partial charge in [-0.15, -0.1) is 10.2 Å². The summed E-state index contributed by atoms with van der Waals surface area (Å²) < 4.78 is 0. The quantitative estimate of drug-likeness (QED) is 0.371. The van der Waals surface area contributed by atoms with Crippen molar-refractivity contribution in [1.82, 2.24) is 19.9 Å². The first-order valence-electron chi connectivity index (χ1n) is 8.45. The maximum Gasteiger partial charge on any atom is 0.360 e. The molecule has 0 saturated heterocycles. The van der Waals surface area contributed by atoms with Crippen molar-refractivity contribution in [2.24, 2.45) is 10.2 Å². The third kappa shape index (κ3) is 3.71. The summed E-state index contributed by atoms with van der Waals surface area (Å²) in [5, 5.41) is 17.3. The molecule has 0 bridgehead atoms. The van der Waals surface area contributed by atoms with Crippen molar-refractivity contribution in [2.45, 2.75) is 6.92 Å². The van der Waals surface area contributed by atoms with Crippen LogP contribution in [0.25, 0.3) is 16.7 Å². The Hall–Kier alpha value is -3.67. The van der Waals surface area contributed by atoms with Gasteiger partial charge in [0.25, 0.3) is 0 Å². The van der Waals surface area contributed by atoms with Gasteiger partial charge in [0.05, 0.1) is 5.69 Å². The zero-order valence-corrected chi connectivity index (χ0v) is 15.6. The molecule has 0 saturated carbocycles. The Morgan fingerprint density at radius 3 is 2.39 bits per heavy atom. The van der Waals surface area contributed by atoms with E-state index in [9.17, 15) is 4.79 Å². The van der Waals surface area contributed by atoms with Crippen LogP contribution in [-0.4, -0.2) is 20.9 Å². The van der Waals surface area contributed by atoms with Crippen LogP contribution >= 0.6 is 11.6 Å². The van der Waals surface area contributed by atoms with Crippen LogP contribution in [-0.2, 0) is 0 Å². The van der Waals surface area contributed by atoms with E-state index >= 15 is 0 Å². The molecule has 0 aliphatic rings. The summed E-state index contributed by atoms with van der Waals surface area (Å²) in [5.41, 5.74) is 4.05. The SMILES string of the molecule is Cc1cc2nn(-c3ccc(Cl)cc3)nc2cc1N=[N+]=NC(=O)c1ccccc1. The lowest BCUT2D eigenvalue weighted by molar-refractivity contribution is 0.0992. The average Bonchev–Trinajstić information content (AvgIpc) is 3.12. The predicted molar refractivity (Wildman–Crippen MR) is 106 cm³/mol. The minimum Gasteiger partial charge on any atom is -0.259 e. The molecule has 0 spiro atoms. The second kappa shape index (κ2) is 7.52. The Labute approximate surface area is 165 Å². The highest BCUT2D eigenvalue weighted by molar-refractivity contribution is 6.30. The van der Waals surface area contributed by atoms with Gasteiger partial charge in [0.1, 0.15) is 11.0 Å². The van der Waals surface area contributed by atoms with Crippen LogP contribution in [0.2, 0.25) is 5.02 Å². The highest BCUT2D eigenvalue weighted by atomic mass is 35.5. The van der Waals surface area contributed by atoms with Crippen LogP contribution in [0, 0.1) is 6.92 Å². The van der Waals surface area contributed by atoms with Crippen molar-refractivity contribution in [3.8, 4) is 5.69 Å². The zero-order chi connectivity index (χ0) is 19.5. The van der Waals surface area contributed by atoms with Crippen molar-refractivity contribution in [2.75, 3.05) is 0 Å². The summed E-state index contributed by atoms with van der Waals surface area (Å²) in [6.07, 6.45) is 0. The second-order valence-electron chi connectivity index (χ2n) is 6.05. The second-order valence-corrected chi connectivity index (χ2v) is 6.49. The van der Waals surface area contributed by atoms with Gasteiger partial charge in [-0.3, -0.25) is 4.79 Å². The maximum atomic E-state index is 12.0. The first-order valence-corrected chi connectivity index (χ1v) is 8.83. The van der Waals surface area contributed by atoms with E-state index in [0.29, 0.717) is 21.8 Å². The lowest BCUT2D eigenvalue weighted by Gasteiger charge is -1.97. The molecule has 4 rings (SSSR count). The van der Waals surface area contributed by atoms with Crippen molar-refractivity contribution in [3.05, 3.63) is 82.9 Å². The minimum atomic E-state index is -0.447. The smallest absolute Gasteiger partial charge is 0.259 e. The third-order valence-corrected chi connectivity index (χ3v) is 4.32. The number of aryl methyl sites for hydroxylation is 1. The molecule has 1 heterocycles. The Bertz CT molecular complexity index is 1230. The van der Waals surface area contributed by atoms with E-state index < -0.39 is 5.91 Å². The van der Waals surface area contributed by atoms with E-state index in [1.54, 1.807) is 42.5 Å². The summed E-state index contributed by atoms with van der Waals surface area (Å²) in [7, 11) is 0. The molecule has 7 nitrogen and oxygen atoms in total. The first kappa shape index (κ1) is 17.7. The number of hydrogen-bond acceptors (Lipinski definition) is 4. The van der Waals surface area contributed by atoms with E-state index in [4.69, 9.17) is 11.6 Å². The van der Waals surface area contributed by atoms with E-state index in [-0.39, 0.29) is 0 Å². The molecule has 3 aromatic carbocycles. The molecule has 0 aliphatic heterocycles. The third-order valence-electron chi connectivity index (χ3n) is 4.06. The molecule has 8 heteroatoms. The molecule has 0 aliphatic carbocycles. The van der Waals surface area contributed by atoms with E-state index in [2.05, 4.69) is 25.3 Å². The van der Waals surface area contributed by atoms with Gasteiger partial charge in [-0.25, -0.2) is 0 Å². The molecular formula is C20H14ClN6O+. The summed E-state index contributed by atoms with van der Waals surface area (Å²) in [5.74, 6) is -0.447. The monoisotopic (exact) mass is 389 g/mol. The lowest BCUT2D eigenvalue weighted by Crippen LogP contribution is -1.97. The van der Waals surface area contributed by atoms with Gasteiger partial charge in [0, 0.05) is 16.7 Å². The van der Waals surface area contributed by atoms with Crippen molar-refractivity contribution < 1.29 is 4.79 Å². The van der Waals surface area contributed by atoms with Crippen LogP contribution in [0.3, 0.4) is 0 Å². The molecule has 4 aromatic rings. The van der Waals surface area contributed by atoms with Crippen LogP contribution in [0.15, 0.2) is 77.0 Å². The van der Waals surface area contributed by atoms with Crippen molar-refractivity contribution >= 4 is 34.2 Å². The molecule has 0 atom stereocenters. The maximum absolute atomic E-state index is 12.0.